The van der Waals surface area contributed by atoms with Gasteiger partial charge in [-0.25, -0.2) is 0 Å². The molecule has 2 aromatic heterocycles. The van der Waals surface area contributed by atoms with Crippen molar-refractivity contribution in [2.24, 2.45) is 7.05 Å². The van der Waals surface area contributed by atoms with Gasteiger partial charge in [0.15, 0.2) is 0 Å². The standard InChI is InChI=1S/C23H18N2O2/c1-25-19-12-5-3-10-17(19)21(24-15-8-7-9-16(14-15)26-2)23-22(25)18-11-4-6-13-20(18)27-23/h3-14H,1-2H3/p+1. The average Bonchev–Trinajstić information content (AvgIpc) is 3.11. The minimum atomic E-state index is 0.812. The molecule has 2 heterocycles. The predicted molar refractivity (Wildman–Crippen MR) is 109 cm³/mol. The lowest BCUT2D eigenvalue weighted by Gasteiger charge is -2.11. The molecule has 0 bridgehead atoms. The van der Waals surface area contributed by atoms with Gasteiger partial charge in [0.1, 0.15) is 24.1 Å². The predicted octanol–water partition coefficient (Wildman–Crippen LogP) is 5.32. The van der Waals surface area contributed by atoms with E-state index in [1.165, 1.54) is 0 Å². The smallest absolute Gasteiger partial charge is 0.261 e. The molecule has 4 heteroatoms. The van der Waals surface area contributed by atoms with Gasteiger partial charge in [-0.2, -0.15) is 4.57 Å². The van der Waals surface area contributed by atoms with Crippen molar-refractivity contribution in [2.45, 2.75) is 0 Å². The van der Waals surface area contributed by atoms with E-state index >= 15 is 0 Å². The minimum absolute atomic E-state index is 0.812. The van der Waals surface area contributed by atoms with Crippen molar-refractivity contribution < 1.29 is 13.7 Å². The van der Waals surface area contributed by atoms with E-state index in [1.54, 1.807) is 7.11 Å². The second kappa shape index (κ2) is 6.02. The third kappa shape index (κ3) is 2.41. The summed E-state index contributed by atoms with van der Waals surface area (Å²) in [7, 11) is 3.76. The minimum Gasteiger partial charge on any atom is -0.497 e. The van der Waals surface area contributed by atoms with Gasteiger partial charge in [0.05, 0.1) is 17.9 Å². The highest BCUT2D eigenvalue weighted by Gasteiger charge is 2.24. The lowest BCUT2D eigenvalue weighted by atomic mass is 10.1. The van der Waals surface area contributed by atoms with Crippen molar-refractivity contribution in [3.63, 3.8) is 0 Å². The van der Waals surface area contributed by atoms with E-state index in [0.29, 0.717) is 0 Å². The third-order valence-corrected chi connectivity index (χ3v) is 5.01. The molecule has 1 N–H and O–H groups in total. The molecule has 0 amide bonds. The summed E-state index contributed by atoms with van der Waals surface area (Å²) in [5.41, 5.74) is 5.86. The van der Waals surface area contributed by atoms with E-state index < -0.39 is 0 Å². The molecule has 0 saturated heterocycles. The first kappa shape index (κ1) is 15.7. The van der Waals surface area contributed by atoms with Crippen LogP contribution in [0.5, 0.6) is 5.75 Å². The fourth-order valence-electron chi connectivity index (χ4n) is 3.72. The van der Waals surface area contributed by atoms with Gasteiger partial charge in [0.2, 0.25) is 11.1 Å². The number of nitrogens with one attached hydrogen (secondary N) is 1. The highest BCUT2D eigenvalue weighted by atomic mass is 16.5. The number of aryl methyl sites for hydroxylation is 1. The lowest BCUT2D eigenvalue weighted by molar-refractivity contribution is -0.616. The average molecular weight is 355 g/mol. The number of fused-ring (bicyclic) bond motifs is 4. The quantitative estimate of drug-likeness (QED) is 0.445. The van der Waals surface area contributed by atoms with Gasteiger partial charge < -0.3 is 14.5 Å². The number of para-hydroxylation sites is 2. The number of rotatable bonds is 3. The summed E-state index contributed by atoms with van der Waals surface area (Å²) in [5, 5.41) is 5.78. The topological polar surface area (TPSA) is 38.3 Å². The number of nitrogens with zero attached hydrogens (tertiary/aromatic N) is 1. The molecule has 0 fully saturated rings. The van der Waals surface area contributed by atoms with E-state index in [4.69, 9.17) is 9.15 Å². The SMILES string of the molecule is COc1cccc(Nc2c3ccccc3[n+](C)c3c2oc2ccccc23)c1. The Bertz CT molecular complexity index is 1300. The van der Waals surface area contributed by atoms with Crippen LogP contribution in [0.2, 0.25) is 0 Å². The molecule has 132 valence electrons. The molecule has 0 aliphatic carbocycles. The van der Waals surface area contributed by atoms with Gasteiger partial charge in [0.25, 0.3) is 5.52 Å². The molecule has 3 aromatic carbocycles. The number of anilines is 2. The van der Waals surface area contributed by atoms with Crippen LogP contribution < -0.4 is 14.6 Å². The molecule has 0 radical (unpaired) electrons. The molecule has 0 saturated carbocycles. The Hall–Kier alpha value is -3.53. The number of hydrogen-bond donors (Lipinski definition) is 1. The number of ether oxygens (including phenoxy) is 1. The molecule has 0 aliphatic rings. The van der Waals surface area contributed by atoms with E-state index in [9.17, 15) is 0 Å². The molecule has 0 atom stereocenters. The first-order chi connectivity index (χ1) is 13.3. The lowest BCUT2D eigenvalue weighted by Crippen LogP contribution is -2.30. The van der Waals surface area contributed by atoms with Crippen LogP contribution in [0.15, 0.2) is 77.2 Å². The van der Waals surface area contributed by atoms with E-state index in [0.717, 1.165) is 50.1 Å². The fourth-order valence-corrected chi connectivity index (χ4v) is 3.72. The second-order valence-electron chi connectivity index (χ2n) is 6.58. The molecule has 5 rings (SSSR count). The number of methoxy groups -OCH3 is 1. The van der Waals surface area contributed by atoms with Gasteiger partial charge in [-0.05, 0) is 30.3 Å². The maximum atomic E-state index is 6.29. The Morgan fingerprint density at radius 2 is 1.67 bits per heavy atom. The Kier molecular flexibility index (Phi) is 3.50. The number of aromatic nitrogens is 1. The molecule has 4 nitrogen and oxygen atoms in total. The number of furan rings is 1. The van der Waals surface area contributed by atoms with Crippen molar-refractivity contribution >= 4 is 44.3 Å². The first-order valence-corrected chi connectivity index (χ1v) is 8.89. The summed E-state index contributed by atoms with van der Waals surface area (Å²) in [6.07, 6.45) is 0. The molecular formula is C23H19N2O2+. The zero-order valence-electron chi connectivity index (χ0n) is 15.2. The van der Waals surface area contributed by atoms with E-state index in [1.807, 2.05) is 48.5 Å². The summed E-state index contributed by atoms with van der Waals surface area (Å²) in [6, 6.07) is 24.4. The van der Waals surface area contributed by atoms with Crippen molar-refractivity contribution in [2.75, 3.05) is 12.4 Å². The van der Waals surface area contributed by atoms with Crippen LogP contribution in [0, 0.1) is 0 Å². The molecule has 27 heavy (non-hydrogen) atoms. The van der Waals surface area contributed by atoms with Gasteiger partial charge in [-0.15, -0.1) is 0 Å². The van der Waals surface area contributed by atoms with Gasteiger partial charge in [-0.1, -0.05) is 30.3 Å². The Morgan fingerprint density at radius 1 is 0.889 bits per heavy atom. The Morgan fingerprint density at radius 3 is 2.52 bits per heavy atom. The summed E-state index contributed by atoms with van der Waals surface area (Å²) in [4.78, 5) is 0. The normalized spacial score (nSPS) is 11.3. The zero-order valence-corrected chi connectivity index (χ0v) is 15.2. The van der Waals surface area contributed by atoms with Crippen molar-refractivity contribution in [3.8, 4) is 5.75 Å². The van der Waals surface area contributed by atoms with Crippen molar-refractivity contribution in [1.82, 2.24) is 0 Å². The maximum absolute atomic E-state index is 6.29. The highest BCUT2D eigenvalue weighted by molar-refractivity contribution is 6.11. The van der Waals surface area contributed by atoms with Crippen molar-refractivity contribution in [3.05, 3.63) is 72.8 Å². The molecular weight excluding hydrogens is 336 g/mol. The summed E-state index contributed by atoms with van der Waals surface area (Å²) in [6.45, 7) is 0. The zero-order chi connectivity index (χ0) is 18.4. The van der Waals surface area contributed by atoms with Crippen molar-refractivity contribution in [1.29, 1.82) is 0 Å². The van der Waals surface area contributed by atoms with E-state index in [-0.39, 0.29) is 0 Å². The van der Waals surface area contributed by atoms with Crippen LogP contribution in [0.1, 0.15) is 0 Å². The van der Waals surface area contributed by atoms with Gasteiger partial charge in [-0.3, -0.25) is 0 Å². The van der Waals surface area contributed by atoms with Gasteiger partial charge >= 0.3 is 0 Å². The largest absolute Gasteiger partial charge is 0.497 e. The molecule has 0 unspecified atom stereocenters. The second-order valence-corrected chi connectivity index (χ2v) is 6.58. The molecule has 5 aromatic rings. The van der Waals surface area contributed by atoms with Crippen LogP contribution in [-0.2, 0) is 7.05 Å². The first-order valence-electron chi connectivity index (χ1n) is 8.89. The van der Waals surface area contributed by atoms with Crippen LogP contribution in [-0.4, -0.2) is 7.11 Å². The van der Waals surface area contributed by atoms with Crippen LogP contribution in [0.4, 0.5) is 11.4 Å². The van der Waals surface area contributed by atoms with Crippen LogP contribution in [0.3, 0.4) is 0 Å². The Balaban J connectivity index is 1.86. The number of benzene rings is 3. The monoisotopic (exact) mass is 355 g/mol. The van der Waals surface area contributed by atoms with E-state index in [2.05, 4.69) is 41.2 Å². The highest BCUT2D eigenvalue weighted by Crippen LogP contribution is 2.37. The fraction of sp³-hybridized carbons (Fsp3) is 0.0870. The summed E-state index contributed by atoms with van der Waals surface area (Å²) >= 11 is 0. The molecule has 0 spiro atoms. The summed E-state index contributed by atoms with van der Waals surface area (Å²) < 4.78 is 13.9. The number of hydrogen-bond acceptors (Lipinski definition) is 3. The Labute approximate surface area is 156 Å². The van der Waals surface area contributed by atoms with Gasteiger partial charge in [0, 0.05) is 17.8 Å². The molecule has 0 aliphatic heterocycles. The number of pyridine rings is 1. The van der Waals surface area contributed by atoms with Crippen LogP contribution >= 0.6 is 0 Å². The summed E-state index contributed by atoms with van der Waals surface area (Å²) in [5.74, 6) is 0.812. The third-order valence-electron chi connectivity index (χ3n) is 5.01. The van der Waals surface area contributed by atoms with Crippen LogP contribution in [0.25, 0.3) is 33.0 Å². The maximum Gasteiger partial charge on any atom is 0.261 e.